The van der Waals surface area contributed by atoms with Crippen molar-refractivity contribution in [1.82, 2.24) is 4.90 Å². The molecule has 4 rings (SSSR count). The fourth-order valence-electron chi connectivity index (χ4n) is 4.07. The fraction of sp³-hybridized carbons (Fsp3) is 0.273. The first-order valence-corrected chi connectivity index (χ1v) is 8.53. The number of aliphatic hydroxyl groups is 1. The monoisotopic (exact) mass is 317 g/mol. The molecule has 2 aromatic carbocycles. The largest absolute Gasteiger partial charge is 0.494 e. The molecule has 0 spiro atoms. The van der Waals surface area contributed by atoms with Crippen LogP contribution in [0.3, 0.4) is 0 Å². The van der Waals surface area contributed by atoms with Gasteiger partial charge in [0.2, 0.25) is 0 Å². The molecule has 0 fully saturated rings. The van der Waals surface area contributed by atoms with E-state index in [2.05, 4.69) is 74.2 Å². The summed E-state index contributed by atoms with van der Waals surface area (Å²) in [7, 11) is 0. The maximum absolute atomic E-state index is 11.2. The molecular formula is C22H23NO. The SMILES string of the molecule is CC(C)(C)N1C(O)=C2c3ccccc3C=C[C@H]2[C@@H]1c1ccccc1. The van der Waals surface area contributed by atoms with Crippen molar-refractivity contribution in [2.75, 3.05) is 0 Å². The van der Waals surface area contributed by atoms with Gasteiger partial charge < -0.3 is 10.0 Å². The van der Waals surface area contributed by atoms with Crippen LogP contribution < -0.4 is 0 Å². The van der Waals surface area contributed by atoms with E-state index in [0.29, 0.717) is 5.88 Å². The Morgan fingerprint density at radius 2 is 1.58 bits per heavy atom. The van der Waals surface area contributed by atoms with Crippen LogP contribution in [0.1, 0.15) is 43.5 Å². The first-order chi connectivity index (χ1) is 11.5. The Hall–Kier alpha value is -2.48. The number of benzene rings is 2. The average molecular weight is 317 g/mol. The first kappa shape index (κ1) is 15.1. The Kier molecular flexibility index (Phi) is 3.31. The third-order valence-corrected chi connectivity index (χ3v) is 5.02. The number of hydrogen-bond acceptors (Lipinski definition) is 2. The minimum absolute atomic E-state index is 0.116. The van der Waals surface area contributed by atoms with Gasteiger partial charge in [0, 0.05) is 17.0 Å². The van der Waals surface area contributed by atoms with E-state index in [4.69, 9.17) is 0 Å². The summed E-state index contributed by atoms with van der Waals surface area (Å²) in [4.78, 5) is 2.18. The van der Waals surface area contributed by atoms with E-state index in [9.17, 15) is 5.11 Å². The molecule has 24 heavy (non-hydrogen) atoms. The molecule has 2 aromatic rings. The van der Waals surface area contributed by atoms with E-state index in [1.807, 2.05) is 18.2 Å². The van der Waals surface area contributed by atoms with Gasteiger partial charge in [0.15, 0.2) is 5.88 Å². The molecule has 0 unspecified atom stereocenters. The van der Waals surface area contributed by atoms with Crippen LogP contribution in [-0.2, 0) is 0 Å². The molecule has 0 amide bonds. The van der Waals surface area contributed by atoms with Gasteiger partial charge in [0.1, 0.15) is 0 Å². The summed E-state index contributed by atoms with van der Waals surface area (Å²) >= 11 is 0. The predicted octanol–water partition coefficient (Wildman–Crippen LogP) is 5.41. The van der Waals surface area contributed by atoms with Gasteiger partial charge in [-0.2, -0.15) is 0 Å². The summed E-state index contributed by atoms with van der Waals surface area (Å²) in [6.45, 7) is 6.48. The van der Waals surface area contributed by atoms with Crippen molar-refractivity contribution < 1.29 is 5.11 Å². The lowest BCUT2D eigenvalue weighted by Crippen LogP contribution is -2.41. The van der Waals surface area contributed by atoms with Crippen LogP contribution in [0.15, 0.2) is 66.6 Å². The summed E-state index contributed by atoms with van der Waals surface area (Å²) in [6, 6.07) is 19.0. The lowest BCUT2D eigenvalue weighted by molar-refractivity contribution is 0.0733. The lowest BCUT2D eigenvalue weighted by Gasteiger charge is -2.40. The van der Waals surface area contributed by atoms with Crippen molar-refractivity contribution in [2.24, 2.45) is 5.92 Å². The van der Waals surface area contributed by atoms with Crippen LogP contribution in [0.25, 0.3) is 11.6 Å². The zero-order valence-electron chi connectivity index (χ0n) is 14.4. The molecule has 2 atom stereocenters. The van der Waals surface area contributed by atoms with Gasteiger partial charge in [-0.3, -0.25) is 0 Å². The van der Waals surface area contributed by atoms with Gasteiger partial charge in [0.25, 0.3) is 0 Å². The second-order valence-corrected chi connectivity index (χ2v) is 7.61. The van der Waals surface area contributed by atoms with Gasteiger partial charge in [-0.05, 0) is 37.5 Å². The number of hydrogen-bond donors (Lipinski definition) is 1. The zero-order chi connectivity index (χ0) is 16.9. The minimum atomic E-state index is -0.169. The Bertz CT molecular complexity index is 827. The average Bonchev–Trinajstić information content (AvgIpc) is 2.89. The van der Waals surface area contributed by atoms with E-state index in [1.54, 1.807) is 0 Å². The van der Waals surface area contributed by atoms with Crippen LogP contribution in [0.2, 0.25) is 0 Å². The van der Waals surface area contributed by atoms with Crippen LogP contribution >= 0.6 is 0 Å². The molecule has 0 aromatic heterocycles. The number of fused-ring (bicyclic) bond motifs is 3. The second kappa shape index (κ2) is 5.27. The molecule has 2 heteroatoms. The molecule has 0 saturated heterocycles. The topological polar surface area (TPSA) is 23.5 Å². The molecule has 0 saturated carbocycles. The molecule has 2 aliphatic rings. The normalized spacial score (nSPS) is 22.5. The zero-order valence-corrected chi connectivity index (χ0v) is 14.4. The van der Waals surface area contributed by atoms with Crippen molar-refractivity contribution in [3.63, 3.8) is 0 Å². The summed E-state index contributed by atoms with van der Waals surface area (Å²) < 4.78 is 0. The Morgan fingerprint density at radius 1 is 0.917 bits per heavy atom. The van der Waals surface area contributed by atoms with Gasteiger partial charge in [-0.25, -0.2) is 0 Å². The molecule has 1 aliphatic heterocycles. The van der Waals surface area contributed by atoms with Gasteiger partial charge in [-0.1, -0.05) is 66.7 Å². The second-order valence-electron chi connectivity index (χ2n) is 7.61. The van der Waals surface area contributed by atoms with Crippen LogP contribution in [0, 0.1) is 5.92 Å². The summed E-state index contributed by atoms with van der Waals surface area (Å²) in [5, 5.41) is 11.2. The standard InChI is InChI=1S/C22H23NO/c1-22(2,3)23-20(16-10-5-4-6-11-16)18-14-13-15-9-7-8-12-17(15)19(18)21(23)24/h4-14,18,20,24H,1-3H3/t18-,20+/m1/s1. The maximum atomic E-state index is 11.2. The molecule has 0 radical (unpaired) electrons. The minimum Gasteiger partial charge on any atom is -0.494 e. The highest BCUT2D eigenvalue weighted by Gasteiger charge is 2.46. The van der Waals surface area contributed by atoms with Crippen LogP contribution in [-0.4, -0.2) is 15.5 Å². The summed E-state index contributed by atoms with van der Waals surface area (Å²) in [6.07, 6.45) is 4.44. The van der Waals surface area contributed by atoms with Crippen molar-refractivity contribution in [1.29, 1.82) is 0 Å². The number of nitrogens with zero attached hydrogens (tertiary/aromatic N) is 1. The van der Waals surface area contributed by atoms with Gasteiger partial charge in [0.05, 0.1) is 6.04 Å². The van der Waals surface area contributed by atoms with Gasteiger partial charge in [-0.15, -0.1) is 0 Å². The fourth-order valence-corrected chi connectivity index (χ4v) is 4.07. The molecular weight excluding hydrogens is 294 g/mol. The Labute approximate surface area is 143 Å². The Morgan fingerprint density at radius 3 is 2.29 bits per heavy atom. The van der Waals surface area contributed by atoms with E-state index >= 15 is 0 Å². The van der Waals surface area contributed by atoms with E-state index in [-0.39, 0.29) is 17.5 Å². The molecule has 1 N–H and O–H groups in total. The Balaban J connectivity index is 1.93. The lowest BCUT2D eigenvalue weighted by atomic mass is 9.80. The highest BCUT2D eigenvalue weighted by molar-refractivity contribution is 5.83. The van der Waals surface area contributed by atoms with E-state index in [0.717, 1.165) is 11.1 Å². The van der Waals surface area contributed by atoms with Crippen LogP contribution in [0.5, 0.6) is 0 Å². The molecule has 122 valence electrons. The predicted molar refractivity (Wildman–Crippen MR) is 99.3 cm³/mol. The third-order valence-electron chi connectivity index (χ3n) is 5.02. The summed E-state index contributed by atoms with van der Waals surface area (Å²) in [5.74, 6) is 0.583. The van der Waals surface area contributed by atoms with Gasteiger partial charge >= 0.3 is 0 Å². The summed E-state index contributed by atoms with van der Waals surface area (Å²) in [5.41, 5.74) is 4.45. The quantitative estimate of drug-likeness (QED) is 0.760. The van der Waals surface area contributed by atoms with Crippen molar-refractivity contribution in [3.05, 3.63) is 83.2 Å². The first-order valence-electron chi connectivity index (χ1n) is 8.53. The molecule has 1 heterocycles. The number of aliphatic hydroxyl groups excluding tert-OH is 1. The van der Waals surface area contributed by atoms with Crippen molar-refractivity contribution >= 4 is 11.6 Å². The number of rotatable bonds is 1. The van der Waals surface area contributed by atoms with E-state index in [1.165, 1.54) is 11.1 Å². The third kappa shape index (κ3) is 2.17. The highest BCUT2D eigenvalue weighted by atomic mass is 16.3. The van der Waals surface area contributed by atoms with Crippen molar-refractivity contribution in [2.45, 2.75) is 32.4 Å². The maximum Gasteiger partial charge on any atom is 0.192 e. The smallest absolute Gasteiger partial charge is 0.192 e. The molecule has 2 nitrogen and oxygen atoms in total. The van der Waals surface area contributed by atoms with Crippen LogP contribution in [0.4, 0.5) is 0 Å². The highest BCUT2D eigenvalue weighted by Crippen LogP contribution is 2.53. The van der Waals surface area contributed by atoms with Crippen molar-refractivity contribution in [3.8, 4) is 0 Å². The molecule has 1 aliphatic carbocycles. The van der Waals surface area contributed by atoms with E-state index < -0.39 is 0 Å². The molecule has 0 bridgehead atoms.